The van der Waals surface area contributed by atoms with Gasteiger partial charge >= 0.3 is 0 Å². The second-order valence-corrected chi connectivity index (χ2v) is 7.77. The fourth-order valence-corrected chi connectivity index (χ4v) is 3.22. The number of Topliss-reactive ketones (excluding diaryl/α,β-unsaturated/α-hetero) is 1. The molecular weight excluding hydrogens is 400 g/mol. The Labute approximate surface area is 163 Å². The van der Waals surface area contributed by atoms with Crippen LogP contribution in [-0.4, -0.2) is 42.4 Å². The van der Waals surface area contributed by atoms with Crippen LogP contribution in [0.2, 0.25) is 0 Å². The Morgan fingerprint density at radius 3 is 2.48 bits per heavy atom. The van der Waals surface area contributed by atoms with Crippen molar-refractivity contribution in [2.75, 3.05) is 27.2 Å². The predicted molar refractivity (Wildman–Crippen MR) is 102 cm³/mol. The molecule has 3 rings (SSSR count). The summed E-state index contributed by atoms with van der Waals surface area (Å²) in [5.74, 6) is 0.187. The van der Waals surface area contributed by atoms with E-state index in [4.69, 9.17) is 0 Å². The molecule has 0 radical (unpaired) electrons. The van der Waals surface area contributed by atoms with E-state index in [1.807, 2.05) is 30.3 Å². The van der Waals surface area contributed by atoms with E-state index in [1.165, 1.54) is 16.5 Å². The van der Waals surface area contributed by atoms with E-state index in [0.29, 0.717) is 11.0 Å². The zero-order valence-electron chi connectivity index (χ0n) is 14.4. The van der Waals surface area contributed by atoms with E-state index < -0.39 is 0 Å². The quantitative estimate of drug-likeness (QED) is 0.474. The van der Waals surface area contributed by atoms with Crippen molar-refractivity contribution in [1.29, 1.82) is 0 Å². The van der Waals surface area contributed by atoms with Gasteiger partial charge in [0.2, 0.25) is 5.78 Å². The van der Waals surface area contributed by atoms with Crippen LogP contribution >= 0.6 is 15.9 Å². The van der Waals surface area contributed by atoms with Crippen molar-refractivity contribution >= 4 is 32.6 Å². The molecule has 3 aromatic rings. The third-order valence-electron chi connectivity index (χ3n) is 4.40. The van der Waals surface area contributed by atoms with Crippen molar-refractivity contribution in [3.05, 3.63) is 70.3 Å². The minimum absolute atomic E-state index is 0. The van der Waals surface area contributed by atoms with Gasteiger partial charge in [-0.25, -0.2) is 0 Å². The molecule has 1 aromatic heterocycles. The Morgan fingerprint density at radius 1 is 1.08 bits per heavy atom. The molecule has 0 aliphatic rings. The van der Waals surface area contributed by atoms with Gasteiger partial charge in [-0.2, -0.15) is 0 Å². The van der Waals surface area contributed by atoms with E-state index in [2.05, 4.69) is 59.4 Å². The number of quaternary nitrogens is 1. The number of fused-ring (bicyclic) bond motifs is 1. The SMILES string of the molecule is C[N+](C)(CCc1c[nH]c2ccccc12)CC(=O)c1ccc(Br)cc1.[Cl-]. The molecule has 1 heterocycles. The molecule has 2 aromatic carbocycles. The lowest BCUT2D eigenvalue weighted by Crippen LogP contribution is -3.00. The maximum atomic E-state index is 12.5. The van der Waals surface area contributed by atoms with Gasteiger partial charge in [0, 0.05) is 33.6 Å². The van der Waals surface area contributed by atoms with Crippen molar-refractivity contribution in [3.8, 4) is 0 Å². The highest BCUT2D eigenvalue weighted by Crippen LogP contribution is 2.19. The average molecular weight is 422 g/mol. The number of hydrogen-bond acceptors (Lipinski definition) is 1. The number of rotatable bonds is 6. The lowest BCUT2D eigenvalue weighted by atomic mass is 10.1. The van der Waals surface area contributed by atoms with Crippen LogP contribution in [0.5, 0.6) is 0 Å². The summed E-state index contributed by atoms with van der Waals surface area (Å²) < 4.78 is 1.67. The number of halogens is 2. The topological polar surface area (TPSA) is 32.9 Å². The fraction of sp³-hybridized carbons (Fsp3) is 0.250. The Kier molecular flexibility index (Phi) is 6.44. The minimum Gasteiger partial charge on any atom is -1.00 e. The zero-order valence-corrected chi connectivity index (χ0v) is 16.8. The summed E-state index contributed by atoms with van der Waals surface area (Å²) in [7, 11) is 4.23. The van der Waals surface area contributed by atoms with Gasteiger partial charge in [0.15, 0.2) is 0 Å². The highest BCUT2D eigenvalue weighted by atomic mass is 79.9. The first-order chi connectivity index (χ1) is 11.4. The van der Waals surface area contributed by atoms with Crippen LogP contribution in [0.1, 0.15) is 15.9 Å². The molecule has 0 spiro atoms. The smallest absolute Gasteiger partial charge is 0.216 e. The molecule has 0 unspecified atom stereocenters. The average Bonchev–Trinajstić information content (AvgIpc) is 2.96. The Bertz CT molecular complexity index is 856. The van der Waals surface area contributed by atoms with Gasteiger partial charge in [0.1, 0.15) is 6.54 Å². The van der Waals surface area contributed by atoms with Crippen molar-refractivity contribution < 1.29 is 21.7 Å². The summed E-state index contributed by atoms with van der Waals surface area (Å²) in [6, 6.07) is 15.9. The van der Waals surface area contributed by atoms with E-state index in [0.717, 1.165) is 23.0 Å². The number of H-pyrrole nitrogens is 1. The lowest BCUT2D eigenvalue weighted by molar-refractivity contribution is -0.881. The summed E-state index contributed by atoms with van der Waals surface area (Å²) in [6.45, 7) is 1.42. The van der Waals surface area contributed by atoms with Crippen LogP contribution in [0, 0.1) is 0 Å². The highest BCUT2D eigenvalue weighted by molar-refractivity contribution is 9.10. The maximum absolute atomic E-state index is 12.5. The minimum atomic E-state index is 0. The largest absolute Gasteiger partial charge is 1.00 e. The molecule has 132 valence electrons. The summed E-state index contributed by atoms with van der Waals surface area (Å²) in [5.41, 5.74) is 3.26. The van der Waals surface area contributed by atoms with Crippen molar-refractivity contribution in [3.63, 3.8) is 0 Å². The van der Waals surface area contributed by atoms with Crippen LogP contribution in [0.3, 0.4) is 0 Å². The fourth-order valence-electron chi connectivity index (χ4n) is 2.96. The maximum Gasteiger partial charge on any atom is 0.216 e. The first kappa shape index (κ1) is 19.7. The van der Waals surface area contributed by atoms with E-state index in [-0.39, 0.29) is 18.2 Å². The first-order valence-corrected chi connectivity index (χ1v) is 8.90. The molecular formula is C20H22BrClN2O. The molecule has 0 aliphatic heterocycles. The van der Waals surface area contributed by atoms with Gasteiger partial charge in [-0.15, -0.1) is 0 Å². The van der Waals surface area contributed by atoms with Gasteiger partial charge in [0.25, 0.3) is 0 Å². The summed E-state index contributed by atoms with van der Waals surface area (Å²) in [5, 5.41) is 1.27. The standard InChI is InChI=1S/C20H22BrN2O.ClH/c1-23(2,14-20(24)15-7-9-17(21)10-8-15)12-11-16-13-22-19-6-4-3-5-18(16)19;/h3-10,13,22H,11-12,14H2,1-2H3;1H/q+1;/p-1. The molecule has 0 amide bonds. The number of ketones is 1. The third-order valence-corrected chi connectivity index (χ3v) is 4.93. The van der Waals surface area contributed by atoms with Gasteiger partial charge in [-0.05, 0) is 23.8 Å². The Hall–Kier alpha value is -1.62. The second kappa shape index (κ2) is 8.17. The Morgan fingerprint density at radius 2 is 1.76 bits per heavy atom. The molecule has 3 nitrogen and oxygen atoms in total. The zero-order chi connectivity index (χ0) is 17.2. The second-order valence-electron chi connectivity index (χ2n) is 6.86. The molecule has 0 fully saturated rings. The monoisotopic (exact) mass is 420 g/mol. The molecule has 0 aliphatic carbocycles. The first-order valence-electron chi connectivity index (χ1n) is 8.10. The third kappa shape index (κ3) is 4.94. The van der Waals surface area contributed by atoms with Gasteiger partial charge < -0.3 is 21.9 Å². The van der Waals surface area contributed by atoms with Crippen LogP contribution in [-0.2, 0) is 6.42 Å². The Balaban J connectivity index is 0.00000225. The molecule has 25 heavy (non-hydrogen) atoms. The predicted octanol–water partition coefficient (Wildman–Crippen LogP) is 1.44. The molecule has 0 atom stereocenters. The van der Waals surface area contributed by atoms with Crippen LogP contribution in [0.15, 0.2) is 59.2 Å². The van der Waals surface area contributed by atoms with Crippen LogP contribution in [0.4, 0.5) is 0 Å². The van der Waals surface area contributed by atoms with Crippen LogP contribution < -0.4 is 12.4 Å². The van der Waals surface area contributed by atoms with E-state index in [9.17, 15) is 4.79 Å². The lowest BCUT2D eigenvalue weighted by Gasteiger charge is -2.29. The highest BCUT2D eigenvalue weighted by Gasteiger charge is 2.21. The van der Waals surface area contributed by atoms with E-state index in [1.54, 1.807) is 0 Å². The number of hydrogen-bond donors (Lipinski definition) is 1. The number of likely N-dealkylation sites (N-methyl/N-ethyl adjacent to an activating group) is 1. The summed E-state index contributed by atoms with van der Waals surface area (Å²) in [4.78, 5) is 15.8. The number of para-hydroxylation sites is 1. The molecule has 5 heteroatoms. The van der Waals surface area contributed by atoms with Crippen LogP contribution in [0.25, 0.3) is 10.9 Å². The number of carbonyl (C=O) groups excluding carboxylic acids is 1. The normalized spacial score (nSPS) is 11.3. The number of nitrogens with one attached hydrogen (secondary N) is 1. The number of benzene rings is 2. The van der Waals surface area contributed by atoms with Gasteiger partial charge in [-0.1, -0.05) is 46.3 Å². The van der Waals surface area contributed by atoms with Gasteiger partial charge in [0.05, 0.1) is 20.6 Å². The van der Waals surface area contributed by atoms with Crippen molar-refractivity contribution in [2.24, 2.45) is 0 Å². The molecule has 1 N–H and O–H groups in total. The van der Waals surface area contributed by atoms with Crippen molar-refractivity contribution in [1.82, 2.24) is 4.98 Å². The van der Waals surface area contributed by atoms with Crippen molar-refractivity contribution in [2.45, 2.75) is 6.42 Å². The summed E-state index contributed by atoms with van der Waals surface area (Å²) >= 11 is 3.40. The summed E-state index contributed by atoms with van der Waals surface area (Å²) in [6.07, 6.45) is 3.03. The number of aromatic nitrogens is 1. The number of carbonyl (C=O) groups is 1. The number of nitrogens with zero attached hydrogens (tertiary/aromatic N) is 1. The molecule has 0 bridgehead atoms. The molecule has 0 saturated carbocycles. The molecule has 0 saturated heterocycles. The van der Waals surface area contributed by atoms with E-state index >= 15 is 0 Å². The number of aromatic amines is 1. The van der Waals surface area contributed by atoms with Gasteiger partial charge in [-0.3, -0.25) is 4.79 Å².